The van der Waals surface area contributed by atoms with Gasteiger partial charge in [-0.2, -0.15) is 13.2 Å². The summed E-state index contributed by atoms with van der Waals surface area (Å²) in [4.78, 5) is 15.1. The summed E-state index contributed by atoms with van der Waals surface area (Å²) in [5.41, 5.74) is 5.79. The molecule has 102 valence electrons. The highest BCUT2D eigenvalue weighted by Gasteiger charge is 2.27. The zero-order valence-corrected chi connectivity index (χ0v) is 9.92. The fourth-order valence-electron chi connectivity index (χ4n) is 1.19. The van der Waals surface area contributed by atoms with Crippen molar-refractivity contribution in [3.8, 4) is 11.8 Å². The van der Waals surface area contributed by atoms with Crippen LogP contribution < -0.4 is 11.1 Å². The van der Waals surface area contributed by atoms with Gasteiger partial charge in [0.15, 0.2) is 0 Å². The third-order valence-electron chi connectivity index (χ3n) is 2.00. The van der Waals surface area contributed by atoms with Crippen LogP contribution in [0.5, 0.6) is 0 Å². The number of pyridine rings is 1. The van der Waals surface area contributed by atoms with E-state index in [1.807, 2.05) is 0 Å². The highest BCUT2D eigenvalue weighted by Crippen LogP contribution is 2.21. The normalized spacial score (nSPS) is 10.5. The number of nitrogens with two attached hydrogens (primary N) is 1. The Kier molecular flexibility index (Phi) is 5.33. The highest BCUT2D eigenvalue weighted by molar-refractivity contribution is 5.89. The van der Waals surface area contributed by atoms with Crippen LogP contribution in [-0.4, -0.2) is 23.6 Å². The molecule has 0 aromatic carbocycles. The predicted octanol–water partition coefficient (Wildman–Crippen LogP) is 1.67. The number of nitrogens with zero attached hydrogens (tertiary/aromatic N) is 1. The molecular weight excluding hydrogens is 259 g/mol. The molecule has 1 aromatic heterocycles. The minimum atomic E-state index is -4.35. The van der Waals surface area contributed by atoms with E-state index in [0.29, 0.717) is 5.56 Å². The maximum Gasteiger partial charge on any atom is 0.389 e. The number of aromatic nitrogens is 1. The van der Waals surface area contributed by atoms with E-state index in [9.17, 15) is 18.0 Å². The second-order valence-electron chi connectivity index (χ2n) is 3.60. The maximum atomic E-state index is 11.9. The molecule has 0 aliphatic heterocycles. The zero-order chi connectivity index (χ0) is 14.3. The summed E-state index contributed by atoms with van der Waals surface area (Å²) in [6.45, 7) is 0.190. The fraction of sp³-hybridized carbons (Fsp3) is 0.333. The number of amides is 1. The lowest BCUT2D eigenvalue weighted by Gasteiger charge is -2.06. The fourth-order valence-corrected chi connectivity index (χ4v) is 1.19. The Bertz CT molecular complexity index is 503. The molecule has 1 heterocycles. The van der Waals surface area contributed by atoms with Gasteiger partial charge < -0.3 is 11.1 Å². The number of carbonyl (C=O) groups is 1. The van der Waals surface area contributed by atoms with Crippen molar-refractivity contribution in [3.63, 3.8) is 0 Å². The number of hydrogen-bond donors (Lipinski definition) is 2. The molecule has 0 radical (unpaired) electrons. The van der Waals surface area contributed by atoms with Gasteiger partial charge in [-0.1, -0.05) is 11.8 Å². The van der Waals surface area contributed by atoms with Crippen LogP contribution in [-0.2, 0) is 4.79 Å². The van der Waals surface area contributed by atoms with Crippen LogP contribution in [0.25, 0.3) is 0 Å². The first-order valence-corrected chi connectivity index (χ1v) is 5.42. The first-order valence-electron chi connectivity index (χ1n) is 5.42. The quantitative estimate of drug-likeness (QED) is 0.822. The van der Waals surface area contributed by atoms with Crippen LogP contribution in [0, 0.1) is 11.8 Å². The Morgan fingerprint density at radius 1 is 1.47 bits per heavy atom. The monoisotopic (exact) mass is 271 g/mol. The van der Waals surface area contributed by atoms with Gasteiger partial charge in [0.25, 0.3) is 0 Å². The van der Waals surface area contributed by atoms with Gasteiger partial charge in [0.2, 0.25) is 5.91 Å². The molecule has 0 saturated carbocycles. The average Bonchev–Trinajstić information content (AvgIpc) is 2.33. The molecule has 1 aromatic rings. The molecule has 0 atom stereocenters. The average molecular weight is 271 g/mol. The van der Waals surface area contributed by atoms with Gasteiger partial charge in [0, 0.05) is 18.2 Å². The van der Waals surface area contributed by atoms with Crippen molar-refractivity contribution in [1.82, 2.24) is 4.98 Å². The summed E-state index contributed by atoms with van der Waals surface area (Å²) in [7, 11) is 0. The van der Waals surface area contributed by atoms with E-state index in [-0.39, 0.29) is 12.4 Å². The van der Waals surface area contributed by atoms with Crippen molar-refractivity contribution in [2.75, 3.05) is 11.9 Å². The lowest BCUT2D eigenvalue weighted by Crippen LogP contribution is -2.17. The van der Waals surface area contributed by atoms with Crippen molar-refractivity contribution in [2.45, 2.75) is 19.0 Å². The largest absolute Gasteiger partial charge is 0.389 e. The Morgan fingerprint density at radius 2 is 2.21 bits per heavy atom. The second-order valence-corrected chi connectivity index (χ2v) is 3.60. The van der Waals surface area contributed by atoms with E-state index in [4.69, 9.17) is 5.73 Å². The van der Waals surface area contributed by atoms with Gasteiger partial charge in [0.05, 0.1) is 13.0 Å². The predicted molar refractivity (Wildman–Crippen MR) is 64.1 cm³/mol. The van der Waals surface area contributed by atoms with Crippen LogP contribution in [0.1, 0.15) is 18.4 Å². The van der Waals surface area contributed by atoms with E-state index in [1.165, 1.54) is 12.3 Å². The molecule has 0 fully saturated rings. The third-order valence-corrected chi connectivity index (χ3v) is 2.00. The summed E-state index contributed by atoms with van der Waals surface area (Å²) in [5, 5.41) is 2.28. The van der Waals surface area contributed by atoms with E-state index in [0.717, 1.165) is 0 Å². The van der Waals surface area contributed by atoms with Gasteiger partial charge in [0.1, 0.15) is 5.82 Å². The van der Waals surface area contributed by atoms with Crippen molar-refractivity contribution >= 4 is 11.7 Å². The number of rotatable bonds is 3. The van der Waals surface area contributed by atoms with Crippen LogP contribution in [0.3, 0.4) is 0 Å². The van der Waals surface area contributed by atoms with Crippen LogP contribution in [0.2, 0.25) is 0 Å². The molecule has 0 aliphatic carbocycles. The molecule has 0 aliphatic rings. The van der Waals surface area contributed by atoms with Crippen LogP contribution in [0.4, 0.5) is 19.0 Å². The molecule has 0 unspecified atom stereocenters. The van der Waals surface area contributed by atoms with Crippen molar-refractivity contribution in [1.29, 1.82) is 0 Å². The first-order chi connectivity index (χ1) is 8.90. The standard InChI is InChI=1S/C12H12F3N3O/c13-12(14,15)5-3-11(19)18-10-8-9(2-1-6-16)4-7-17-10/h4,7-8H,3,5-6,16H2,(H,17,18,19). The highest BCUT2D eigenvalue weighted by atomic mass is 19.4. The first kappa shape index (κ1) is 15.0. The summed E-state index contributed by atoms with van der Waals surface area (Å²) >= 11 is 0. The smallest absolute Gasteiger partial charge is 0.320 e. The molecular formula is C12H12F3N3O. The number of hydrogen-bond acceptors (Lipinski definition) is 3. The zero-order valence-electron chi connectivity index (χ0n) is 9.92. The second kappa shape index (κ2) is 6.75. The molecule has 19 heavy (non-hydrogen) atoms. The number of halogens is 3. The van der Waals surface area contributed by atoms with Gasteiger partial charge in [-0.05, 0) is 12.1 Å². The van der Waals surface area contributed by atoms with Gasteiger partial charge in [-0.3, -0.25) is 4.79 Å². The molecule has 0 saturated heterocycles. The van der Waals surface area contributed by atoms with Crippen molar-refractivity contribution in [3.05, 3.63) is 23.9 Å². The number of alkyl halides is 3. The van der Waals surface area contributed by atoms with Gasteiger partial charge in [-0.25, -0.2) is 4.98 Å². The molecule has 3 N–H and O–H groups in total. The van der Waals surface area contributed by atoms with Crippen molar-refractivity contribution < 1.29 is 18.0 Å². The number of carbonyl (C=O) groups excluding carboxylic acids is 1. The van der Waals surface area contributed by atoms with E-state index >= 15 is 0 Å². The minimum absolute atomic E-state index is 0.163. The molecule has 1 amide bonds. The van der Waals surface area contributed by atoms with Crippen molar-refractivity contribution in [2.24, 2.45) is 5.73 Å². The minimum Gasteiger partial charge on any atom is -0.320 e. The Balaban J connectivity index is 2.59. The van der Waals surface area contributed by atoms with Crippen LogP contribution in [0.15, 0.2) is 18.3 Å². The third kappa shape index (κ3) is 6.43. The van der Waals surface area contributed by atoms with Crippen LogP contribution >= 0.6 is 0 Å². The molecule has 1 rings (SSSR count). The molecule has 4 nitrogen and oxygen atoms in total. The summed E-state index contributed by atoms with van der Waals surface area (Å²) < 4.78 is 35.8. The Morgan fingerprint density at radius 3 is 2.84 bits per heavy atom. The maximum absolute atomic E-state index is 11.9. The number of anilines is 1. The number of nitrogens with one attached hydrogen (secondary N) is 1. The topological polar surface area (TPSA) is 68.0 Å². The van der Waals surface area contributed by atoms with E-state index < -0.39 is 24.9 Å². The Hall–Kier alpha value is -2.07. The van der Waals surface area contributed by atoms with Gasteiger partial charge >= 0.3 is 6.18 Å². The lowest BCUT2D eigenvalue weighted by molar-refractivity contribution is -0.142. The molecule has 7 heteroatoms. The SMILES string of the molecule is NCC#Cc1ccnc(NC(=O)CCC(F)(F)F)c1. The van der Waals surface area contributed by atoms with E-state index in [1.54, 1.807) is 6.07 Å². The lowest BCUT2D eigenvalue weighted by atomic mass is 10.2. The van der Waals surface area contributed by atoms with Gasteiger partial charge in [-0.15, -0.1) is 0 Å². The van der Waals surface area contributed by atoms with E-state index in [2.05, 4.69) is 22.1 Å². The Labute approximate surface area is 108 Å². The molecule has 0 bridgehead atoms. The molecule has 0 spiro atoms. The summed E-state index contributed by atoms with van der Waals surface area (Å²) in [5.74, 6) is 4.77. The summed E-state index contributed by atoms with van der Waals surface area (Å²) in [6.07, 6.45) is -4.74. The summed E-state index contributed by atoms with van der Waals surface area (Å²) in [6, 6.07) is 3.07.